The third kappa shape index (κ3) is 1.27. The minimum absolute atomic E-state index is 0.205. The van der Waals surface area contributed by atoms with Crippen molar-refractivity contribution < 1.29 is 19.7 Å². The Bertz CT molecular complexity index is 143. The van der Waals surface area contributed by atoms with Gasteiger partial charge in [-0.2, -0.15) is 0 Å². The van der Waals surface area contributed by atoms with Crippen LogP contribution in [-0.2, 0) is 9.53 Å². The Labute approximate surface area is 58.4 Å². The Kier molecular flexibility index (Phi) is 1.92. The van der Waals surface area contributed by atoms with Crippen molar-refractivity contribution in [3.63, 3.8) is 0 Å². The molecule has 10 heavy (non-hydrogen) atoms. The maximum atomic E-state index is 10.5. The number of esters is 1. The summed E-state index contributed by atoms with van der Waals surface area (Å²) in [5, 5.41) is 17.7. The van der Waals surface area contributed by atoms with Gasteiger partial charge in [-0.3, -0.25) is 0 Å². The highest BCUT2D eigenvalue weighted by Gasteiger charge is 2.35. The van der Waals surface area contributed by atoms with Crippen LogP contribution < -0.4 is 0 Å². The third-order valence-corrected chi connectivity index (χ3v) is 1.53. The van der Waals surface area contributed by atoms with E-state index in [1.807, 2.05) is 0 Å². The second kappa shape index (κ2) is 2.56. The van der Waals surface area contributed by atoms with Crippen LogP contribution in [0.3, 0.4) is 0 Å². The molecule has 1 unspecified atom stereocenters. The van der Waals surface area contributed by atoms with E-state index in [0.29, 0.717) is 0 Å². The van der Waals surface area contributed by atoms with Crippen molar-refractivity contribution in [2.24, 2.45) is 0 Å². The smallest absolute Gasteiger partial charge is 0.335 e. The molecular formula is C6H10O4. The van der Waals surface area contributed by atoms with Gasteiger partial charge in [0.2, 0.25) is 0 Å². The lowest BCUT2D eigenvalue weighted by atomic mass is 10.1. The molecule has 1 fully saturated rings. The molecule has 0 saturated carbocycles. The number of carbonyl (C=O) groups excluding carboxylic acids is 1. The number of rotatable bonds is 1. The first kappa shape index (κ1) is 7.50. The molecule has 2 N–H and O–H groups in total. The molecule has 0 bridgehead atoms. The van der Waals surface area contributed by atoms with Crippen LogP contribution in [0.5, 0.6) is 0 Å². The van der Waals surface area contributed by atoms with Gasteiger partial charge in [-0.25, -0.2) is 4.79 Å². The number of hydrogen-bond donors (Lipinski definition) is 2. The zero-order valence-corrected chi connectivity index (χ0v) is 5.65. The van der Waals surface area contributed by atoms with Crippen LogP contribution in [0.25, 0.3) is 0 Å². The van der Waals surface area contributed by atoms with E-state index in [1.165, 1.54) is 6.92 Å². The van der Waals surface area contributed by atoms with Crippen molar-refractivity contribution in [1.82, 2.24) is 0 Å². The van der Waals surface area contributed by atoms with E-state index in [9.17, 15) is 4.79 Å². The highest BCUT2D eigenvalue weighted by atomic mass is 16.6. The number of carbonyl (C=O) groups is 1. The minimum atomic E-state index is -1.04. The van der Waals surface area contributed by atoms with Gasteiger partial charge >= 0.3 is 5.97 Å². The summed E-state index contributed by atoms with van der Waals surface area (Å²) in [5.41, 5.74) is 0. The van der Waals surface area contributed by atoms with Gasteiger partial charge < -0.3 is 14.9 Å². The Morgan fingerprint density at radius 1 is 1.80 bits per heavy atom. The van der Waals surface area contributed by atoms with Crippen LogP contribution in [-0.4, -0.2) is 34.5 Å². The van der Waals surface area contributed by atoms with Crippen molar-refractivity contribution in [3.8, 4) is 0 Å². The highest BCUT2D eigenvalue weighted by Crippen LogP contribution is 2.17. The van der Waals surface area contributed by atoms with Crippen molar-refractivity contribution in [1.29, 1.82) is 0 Å². The lowest BCUT2D eigenvalue weighted by molar-refractivity contribution is -0.150. The van der Waals surface area contributed by atoms with Crippen LogP contribution >= 0.6 is 0 Å². The van der Waals surface area contributed by atoms with Crippen molar-refractivity contribution in [2.45, 2.75) is 31.7 Å². The summed E-state index contributed by atoms with van der Waals surface area (Å²) in [4.78, 5) is 10.5. The number of cyclic esters (lactones) is 1. The maximum Gasteiger partial charge on any atom is 0.335 e. The summed E-state index contributed by atoms with van der Waals surface area (Å²) in [7, 11) is 0. The summed E-state index contributed by atoms with van der Waals surface area (Å²) >= 11 is 0. The van der Waals surface area contributed by atoms with Gasteiger partial charge in [0, 0.05) is 6.42 Å². The molecule has 3 atom stereocenters. The number of aliphatic hydroxyl groups excluding tert-OH is 2. The number of aliphatic hydroxyl groups is 2. The molecule has 1 heterocycles. The summed E-state index contributed by atoms with van der Waals surface area (Å²) in [6.45, 7) is 1.52. The van der Waals surface area contributed by atoms with E-state index in [2.05, 4.69) is 4.74 Å². The van der Waals surface area contributed by atoms with Gasteiger partial charge in [0.1, 0.15) is 6.10 Å². The summed E-state index contributed by atoms with van der Waals surface area (Å²) in [5.74, 6) is -0.633. The first-order valence-corrected chi connectivity index (χ1v) is 3.18. The monoisotopic (exact) mass is 146 g/mol. The summed E-state index contributed by atoms with van der Waals surface area (Å²) in [6, 6.07) is 0. The average Bonchev–Trinajstić information content (AvgIpc) is 2.13. The van der Waals surface area contributed by atoms with E-state index < -0.39 is 24.3 Å². The molecule has 1 aliphatic heterocycles. The Morgan fingerprint density at radius 2 is 2.40 bits per heavy atom. The second-order valence-corrected chi connectivity index (χ2v) is 2.47. The van der Waals surface area contributed by atoms with E-state index in [-0.39, 0.29) is 6.42 Å². The zero-order valence-electron chi connectivity index (χ0n) is 5.65. The molecule has 1 rings (SSSR count). The molecule has 4 nitrogen and oxygen atoms in total. The molecule has 1 aliphatic rings. The Hall–Kier alpha value is -0.610. The minimum Gasteiger partial charge on any atom is -0.458 e. The lowest BCUT2D eigenvalue weighted by Gasteiger charge is -2.10. The Balaban J connectivity index is 2.49. The van der Waals surface area contributed by atoms with E-state index in [0.717, 1.165) is 0 Å². The van der Waals surface area contributed by atoms with Gasteiger partial charge in [-0.05, 0) is 6.92 Å². The maximum absolute atomic E-state index is 10.5. The zero-order chi connectivity index (χ0) is 7.72. The Morgan fingerprint density at radius 3 is 2.60 bits per heavy atom. The SMILES string of the molecule is C[C@H](O)[C@H]1CC(O)C(=O)O1. The largest absolute Gasteiger partial charge is 0.458 e. The molecule has 0 aromatic rings. The van der Waals surface area contributed by atoms with Crippen molar-refractivity contribution >= 4 is 5.97 Å². The van der Waals surface area contributed by atoms with Gasteiger partial charge in [0.15, 0.2) is 6.10 Å². The lowest BCUT2D eigenvalue weighted by Crippen LogP contribution is -2.21. The summed E-state index contributed by atoms with van der Waals surface area (Å²) < 4.78 is 4.60. The van der Waals surface area contributed by atoms with Crippen LogP contribution in [0, 0.1) is 0 Å². The van der Waals surface area contributed by atoms with Gasteiger partial charge in [-0.1, -0.05) is 0 Å². The van der Waals surface area contributed by atoms with Gasteiger partial charge in [0.05, 0.1) is 6.10 Å². The first-order valence-electron chi connectivity index (χ1n) is 3.18. The van der Waals surface area contributed by atoms with Gasteiger partial charge in [0.25, 0.3) is 0 Å². The fourth-order valence-electron chi connectivity index (χ4n) is 0.888. The third-order valence-electron chi connectivity index (χ3n) is 1.53. The van der Waals surface area contributed by atoms with Crippen LogP contribution in [0.1, 0.15) is 13.3 Å². The molecule has 0 aromatic carbocycles. The molecule has 4 heteroatoms. The molecule has 0 aliphatic carbocycles. The van der Waals surface area contributed by atoms with Crippen LogP contribution in [0.15, 0.2) is 0 Å². The molecule has 58 valence electrons. The van der Waals surface area contributed by atoms with Crippen molar-refractivity contribution in [3.05, 3.63) is 0 Å². The predicted octanol–water partition coefficient (Wildman–Crippen LogP) is -0.956. The average molecular weight is 146 g/mol. The quantitative estimate of drug-likeness (QED) is 0.468. The molecule has 0 amide bonds. The molecule has 0 spiro atoms. The topological polar surface area (TPSA) is 66.8 Å². The van der Waals surface area contributed by atoms with Crippen LogP contribution in [0.2, 0.25) is 0 Å². The first-order chi connectivity index (χ1) is 4.61. The summed E-state index contributed by atoms with van der Waals surface area (Å²) in [6.07, 6.45) is -2.06. The molecule has 0 aromatic heterocycles. The van der Waals surface area contributed by atoms with Crippen molar-refractivity contribution in [2.75, 3.05) is 0 Å². The molecule has 1 saturated heterocycles. The number of hydrogen-bond acceptors (Lipinski definition) is 4. The normalized spacial score (nSPS) is 35.7. The van der Waals surface area contributed by atoms with E-state index in [4.69, 9.17) is 10.2 Å². The molecular weight excluding hydrogens is 136 g/mol. The fourth-order valence-corrected chi connectivity index (χ4v) is 0.888. The fraction of sp³-hybridized carbons (Fsp3) is 0.833. The van der Waals surface area contributed by atoms with Crippen LogP contribution in [0.4, 0.5) is 0 Å². The van der Waals surface area contributed by atoms with E-state index in [1.54, 1.807) is 0 Å². The number of ether oxygens (including phenoxy) is 1. The predicted molar refractivity (Wildman–Crippen MR) is 32.2 cm³/mol. The second-order valence-electron chi connectivity index (χ2n) is 2.47. The highest BCUT2D eigenvalue weighted by molar-refractivity contribution is 5.76. The molecule has 0 radical (unpaired) electrons. The van der Waals surface area contributed by atoms with E-state index >= 15 is 0 Å². The van der Waals surface area contributed by atoms with Gasteiger partial charge in [-0.15, -0.1) is 0 Å². The standard InChI is InChI=1S/C6H10O4/c1-3(7)5-2-4(8)6(9)10-5/h3-5,7-8H,2H2,1H3/t3-,4?,5+/m0/s1.